The van der Waals surface area contributed by atoms with Gasteiger partial charge in [0.2, 0.25) is 17.7 Å². The molecule has 0 saturated carbocycles. The second-order valence-corrected chi connectivity index (χ2v) is 7.75. The highest BCUT2D eigenvalue weighted by Gasteiger charge is 2.31. The second-order valence-electron chi connectivity index (χ2n) is 7.75. The first kappa shape index (κ1) is 27.8. The summed E-state index contributed by atoms with van der Waals surface area (Å²) in [6.45, 7) is 7.43. The molecule has 0 rings (SSSR count). The van der Waals surface area contributed by atoms with Crippen LogP contribution in [-0.2, 0) is 19.2 Å². The van der Waals surface area contributed by atoms with Crippen molar-refractivity contribution < 1.29 is 24.3 Å². The molecular formula is C20H39N5O5. The number of unbranched alkanes of at least 4 members (excludes halogenated alkanes) is 1. The summed E-state index contributed by atoms with van der Waals surface area (Å²) in [6, 6.07) is -2.69. The average molecular weight is 430 g/mol. The van der Waals surface area contributed by atoms with Crippen molar-refractivity contribution in [2.24, 2.45) is 23.3 Å². The van der Waals surface area contributed by atoms with Crippen molar-refractivity contribution in [1.82, 2.24) is 16.0 Å². The maximum atomic E-state index is 12.7. The number of carboxylic acid groups (broad SMARTS) is 1. The highest BCUT2D eigenvalue weighted by atomic mass is 16.4. The molecule has 0 bridgehead atoms. The Morgan fingerprint density at radius 1 is 0.900 bits per heavy atom. The lowest BCUT2D eigenvalue weighted by atomic mass is 9.95. The number of carboxylic acids is 1. The van der Waals surface area contributed by atoms with E-state index in [4.69, 9.17) is 11.5 Å². The first-order valence-corrected chi connectivity index (χ1v) is 10.6. The Hall–Kier alpha value is -2.20. The third-order valence-corrected chi connectivity index (χ3v) is 5.32. The van der Waals surface area contributed by atoms with Crippen molar-refractivity contribution in [1.29, 1.82) is 0 Å². The number of carbonyl (C=O) groups excluding carboxylic acids is 3. The van der Waals surface area contributed by atoms with Crippen molar-refractivity contribution in [3.05, 3.63) is 0 Å². The Kier molecular flexibility index (Phi) is 13.7. The Morgan fingerprint density at radius 2 is 1.47 bits per heavy atom. The first-order chi connectivity index (χ1) is 14.1. The van der Waals surface area contributed by atoms with Gasteiger partial charge < -0.3 is 32.5 Å². The van der Waals surface area contributed by atoms with E-state index in [1.54, 1.807) is 13.8 Å². The van der Waals surface area contributed by atoms with Gasteiger partial charge >= 0.3 is 5.97 Å². The van der Waals surface area contributed by atoms with E-state index in [9.17, 15) is 24.3 Å². The monoisotopic (exact) mass is 429 g/mol. The molecule has 10 nitrogen and oxygen atoms in total. The van der Waals surface area contributed by atoms with Crippen LogP contribution in [0.15, 0.2) is 0 Å². The molecule has 0 aromatic rings. The number of nitrogens with one attached hydrogen (secondary N) is 3. The SMILES string of the molecule is CCC(C)C(NC(=O)C(NC(=O)CNC(=O)C(N)CCCCN)C(C)CC)C(=O)O. The molecule has 174 valence electrons. The van der Waals surface area contributed by atoms with Crippen molar-refractivity contribution in [2.75, 3.05) is 13.1 Å². The van der Waals surface area contributed by atoms with Gasteiger partial charge in [0.25, 0.3) is 0 Å². The van der Waals surface area contributed by atoms with Crippen molar-refractivity contribution in [2.45, 2.75) is 77.9 Å². The van der Waals surface area contributed by atoms with E-state index < -0.39 is 41.8 Å². The smallest absolute Gasteiger partial charge is 0.326 e. The van der Waals surface area contributed by atoms with Gasteiger partial charge in [-0.05, 0) is 31.2 Å². The maximum Gasteiger partial charge on any atom is 0.326 e. The third kappa shape index (κ3) is 10.0. The molecule has 5 atom stereocenters. The van der Waals surface area contributed by atoms with Crippen LogP contribution in [0.25, 0.3) is 0 Å². The van der Waals surface area contributed by atoms with Gasteiger partial charge in [-0.15, -0.1) is 0 Å². The molecule has 30 heavy (non-hydrogen) atoms. The largest absolute Gasteiger partial charge is 0.480 e. The molecule has 0 aliphatic rings. The molecule has 3 amide bonds. The molecule has 0 aromatic heterocycles. The van der Waals surface area contributed by atoms with Crippen LogP contribution in [0, 0.1) is 11.8 Å². The molecule has 5 unspecified atom stereocenters. The summed E-state index contributed by atoms with van der Waals surface area (Å²) in [4.78, 5) is 48.5. The molecule has 0 fully saturated rings. The summed E-state index contributed by atoms with van der Waals surface area (Å²) in [5, 5.41) is 17.0. The second kappa shape index (κ2) is 14.7. The standard InChI is InChI=1S/C20H39N5O5/c1-5-12(3)16(19(28)25-17(20(29)30)13(4)6-2)24-15(26)11-23-18(27)14(22)9-7-8-10-21/h12-14,16-17H,5-11,21-22H2,1-4H3,(H,23,27)(H,24,26)(H,25,28)(H,29,30). The Balaban J connectivity index is 4.89. The molecule has 0 spiro atoms. The topological polar surface area (TPSA) is 177 Å². The number of rotatable bonds is 15. The minimum absolute atomic E-state index is 0.227. The molecule has 8 N–H and O–H groups in total. The highest BCUT2D eigenvalue weighted by molar-refractivity contribution is 5.92. The molecule has 0 heterocycles. The summed E-state index contributed by atoms with van der Waals surface area (Å²) in [7, 11) is 0. The normalized spacial score (nSPS) is 15.9. The van der Waals surface area contributed by atoms with Crippen molar-refractivity contribution in [3.63, 3.8) is 0 Å². The van der Waals surface area contributed by atoms with Gasteiger partial charge in [-0.1, -0.05) is 47.0 Å². The van der Waals surface area contributed by atoms with Gasteiger partial charge in [0, 0.05) is 0 Å². The number of hydrogen-bond acceptors (Lipinski definition) is 6. The van der Waals surface area contributed by atoms with E-state index in [1.807, 2.05) is 13.8 Å². The lowest BCUT2D eigenvalue weighted by Crippen LogP contribution is -2.56. The number of nitrogens with two attached hydrogens (primary N) is 2. The molecule has 0 radical (unpaired) electrons. The number of aliphatic carboxylic acids is 1. The summed E-state index contributed by atoms with van der Waals surface area (Å²) >= 11 is 0. The van der Waals surface area contributed by atoms with Gasteiger partial charge in [0.1, 0.15) is 12.1 Å². The zero-order chi connectivity index (χ0) is 23.3. The maximum absolute atomic E-state index is 12.7. The van der Waals surface area contributed by atoms with Gasteiger partial charge in [0.05, 0.1) is 12.6 Å². The van der Waals surface area contributed by atoms with Crippen LogP contribution in [0.3, 0.4) is 0 Å². The highest BCUT2D eigenvalue weighted by Crippen LogP contribution is 2.12. The van der Waals surface area contributed by atoms with E-state index in [0.29, 0.717) is 32.2 Å². The van der Waals surface area contributed by atoms with Crippen LogP contribution in [0.4, 0.5) is 0 Å². The van der Waals surface area contributed by atoms with E-state index in [0.717, 1.165) is 6.42 Å². The Morgan fingerprint density at radius 3 is 1.97 bits per heavy atom. The minimum Gasteiger partial charge on any atom is -0.480 e. The lowest BCUT2D eigenvalue weighted by molar-refractivity contribution is -0.144. The zero-order valence-corrected chi connectivity index (χ0v) is 18.6. The van der Waals surface area contributed by atoms with Gasteiger partial charge in [-0.3, -0.25) is 14.4 Å². The van der Waals surface area contributed by atoms with Crippen LogP contribution < -0.4 is 27.4 Å². The summed E-state index contributed by atoms with van der Waals surface area (Å²) < 4.78 is 0. The Labute approximate surface area is 178 Å². The number of carbonyl (C=O) groups is 4. The summed E-state index contributed by atoms with van der Waals surface area (Å²) in [5.41, 5.74) is 11.2. The molecule has 0 aliphatic carbocycles. The summed E-state index contributed by atoms with van der Waals surface area (Å²) in [6.07, 6.45) is 3.12. The molecule has 0 aromatic carbocycles. The minimum atomic E-state index is -1.12. The molecule has 0 saturated heterocycles. The van der Waals surface area contributed by atoms with Gasteiger partial charge in [0.15, 0.2) is 0 Å². The fourth-order valence-corrected chi connectivity index (χ4v) is 2.79. The predicted molar refractivity (Wildman–Crippen MR) is 114 cm³/mol. The van der Waals surface area contributed by atoms with Crippen LogP contribution in [0.2, 0.25) is 0 Å². The lowest BCUT2D eigenvalue weighted by Gasteiger charge is -2.27. The van der Waals surface area contributed by atoms with Crippen LogP contribution in [0.1, 0.15) is 59.8 Å². The van der Waals surface area contributed by atoms with Crippen molar-refractivity contribution >= 4 is 23.7 Å². The van der Waals surface area contributed by atoms with E-state index >= 15 is 0 Å². The van der Waals surface area contributed by atoms with Crippen LogP contribution in [-0.4, -0.2) is 60.0 Å². The quantitative estimate of drug-likeness (QED) is 0.194. The van der Waals surface area contributed by atoms with E-state index in [1.165, 1.54) is 0 Å². The number of hydrogen-bond donors (Lipinski definition) is 6. The predicted octanol–water partition coefficient (Wildman–Crippen LogP) is -0.295. The number of amides is 3. The fraction of sp³-hybridized carbons (Fsp3) is 0.800. The van der Waals surface area contributed by atoms with Crippen LogP contribution >= 0.6 is 0 Å². The molecule has 10 heteroatoms. The summed E-state index contributed by atoms with van der Waals surface area (Å²) in [5.74, 6) is -3.17. The first-order valence-electron chi connectivity index (χ1n) is 10.6. The van der Waals surface area contributed by atoms with Crippen molar-refractivity contribution in [3.8, 4) is 0 Å². The fourth-order valence-electron chi connectivity index (χ4n) is 2.79. The van der Waals surface area contributed by atoms with E-state index in [-0.39, 0.29) is 18.4 Å². The van der Waals surface area contributed by atoms with Gasteiger partial charge in [-0.2, -0.15) is 0 Å². The Bertz CT molecular complexity index is 572. The molecular weight excluding hydrogens is 390 g/mol. The van der Waals surface area contributed by atoms with Crippen LogP contribution in [0.5, 0.6) is 0 Å². The van der Waals surface area contributed by atoms with Gasteiger partial charge in [-0.25, -0.2) is 4.79 Å². The molecule has 0 aliphatic heterocycles. The average Bonchev–Trinajstić information content (AvgIpc) is 2.72. The zero-order valence-electron chi connectivity index (χ0n) is 18.6. The third-order valence-electron chi connectivity index (χ3n) is 5.32. The van der Waals surface area contributed by atoms with E-state index in [2.05, 4.69) is 16.0 Å².